The number of rotatable bonds is 5. The molecular weight excluding hydrogens is 509 g/mol. The minimum Gasteiger partial charge on any atom is -0.497 e. The number of methoxy groups -OCH3 is 1. The van der Waals surface area contributed by atoms with Crippen LogP contribution in [0.5, 0.6) is 5.75 Å². The van der Waals surface area contributed by atoms with Gasteiger partial charge in [0.05, 0.1) is 23.5 Å². The fourth-order valence-corrected chi connectivity index (χ4v) is 6.63. The van der Waals surface area contributed by atoms with Crippen LogP contribution >= 0.6 is 23.2 Å². The predicted octanol–water partition coefficient (Wildman–Crippen LogP) is 4.40. The van der Waals surface area contributed by atoms with Crippen LogP contribution in [0.2, 0.25) is 10.0 Å². The molecule has 0 bridgehead atoms. The van der Waals surface area contributed by atoms with E-state index in [4.69, 9.17) is 27.9 Å². The first-order chi connectivity index (χ1) is 18.0. The maximum atomic E-state index is 13.6. The van der Waals surface area contributed by atoms with Crippen molar-refractivity contribution in [3.63, 3.8) is 0 Å². The lowest BCUT2D eigenvalue weighted by Gasteiger charge is -2.28. The molecule has 37 heavy (non-hydrogen) atoms. The number of halogens is 2. The molecular formula is C28H31Cl2N5O2. The highest BCUT2D eigenvalue weighted by atomic mass is 35.5. The summed E-state index contributed by atoms with van der Waals surface area (Å²) in [5.74, 6) is 2.16. The lowest BCUT2D eigenvalue weighted by Crippen LogP contribution is -2.52. The molecule has 194 valence electrons. The molecule has 1 saturated carbocycles. The highest BCUT2D eigenvalue weighted by Crippen LogP contribution is 2.39. The third kappa shape index (κ3) is 4.87. The smallest absolute Gasteiger partial charge is 0.257 e. The van der Waals surface area contributed by atoms with E-state index in [0.717, 1.165) is 46.9 Å². The van der Waals surface area contributed by atoms with Gasteiger partial charge >= 0.3 is 0 Å². The van der Waals surface area contributed by atoms with Gasteiger partial charge in [0.25, 0.3) is 5.91 Å². The molecule has 1 saturated heterocycles. The molecule has 6 rings (SSSR count). The highest BCUT2D eigenvalue weighted by Gasteiger charge is 2.42. The molecule has 0 radical (unpaired) electrons. The van der Waals surface area contributed by atoms with Crippen LogP contribution in [0.3, 0.4) is 0 Å². The Morgan fingerprint density at radius 3 is 2.54 bits per heavy atom. The summed E-state index contributed by atoms with van der Waals surface area (Å²) in [4.78, 5) is 13.6. The molecule has 7 nitrogen and oxygen atoms in total. The zero-order valence-electron chi connectivity index (χ0n) is 20.8. The van der Waals surface area contributed by atoms with Crippen LogP contribution in [0.15, 0.2) is 59.3 Å². The maximum absolute atomic E-state index is 13.6. The summed E-state index contributed by atoms with van der Waals surface area (Å²) in [6.07, 6.45) is 5.98. The van der Waals surface area contributed by atoms with Crippen molar-refractivity contribution >= 4 is 40.9 Å². The van der Waals surface area contributed by atoms with E-state index in [1.165, 1.54) is 19.3 Å². The third-order valence-electron chi connectivity index (χ3n) is 7.93. The Morgan fingerprint density at radius 2 is 1.84 bits per heavy atom. The molecule has 2 aromatic carbocycles. The van der Waals surface area contributed by atoms with Crippen LogP contribution in [-0.4, -0.2) is 50.2 Å². The number of hydrazine groups is 2. The van der Waals surface area contributed by atoms with Gasteiger partial charge in [-0.1, -0.05) is 41.8 Å². The molecule has 0 spiro atoms. The molecule has 2 fully saturated rings. The first-order valence-electron chi connectivity index (χ1n) is 12.9. The number of fused-ring (bicyclic) bond motifs is 1. The molecule has 3 N–H and O–H groups in total. The predicted molar refractivity (Wildman–Crippen MR) is 147 cm³/mol. The molecule has 1 amide bonds. The topological polar surface area (TPSA) is 68.9 Å². The van der Waals surface area contributed by atoms with Gasteiger partial charge in [-0.2, -0.15) is 0 Å². The normalized spacial score (nSPS) is 26.5. The summed E-state index contributed by atoms with van der Waals surface area (Å²) in [5, 5.41) is 8.64. The first-order valence-corrected chi connectivity index (χ1v) is 13.6. The number of carbonyl (C=O) groups excluding carboxylic acids is 1. The quantitative estimate of drug-likeness (QED) is 0.523. The molecule has 3 unspecified atom stereocenters. The Morgan fingerprint density at radius 1 is 1.08 bits per heavy atom. The summed E-state index contributed by atoms with van der Waals surface area (Å²) in [6, 6.07) is 12.8. The highest BCUT2D eigenvalue weighted by molar-refractivity contribution is 6.36. The number of benzene rings is 2. The van der Waals surface area contributed by atoms with Crippen LogP contribution < -0.4 is 25.9 Å². The van der Waals surface area contributed by atoms with Crippen molar-refractivity contribution in [1.82, 2.24) is 21.2 Å². The Labute approximate surface area is 227 Å². The van der Waals surface area contributed by atoms with Crippen molar-refractivity contribution < 1.29 is 9.53 Å². The molecule has 3 heterocycles. The second-order valence-corrected chi connectivity index (χ2v) is 11.1. The van der Waals surface area contributed by atoms with Crippen LogP contribution in [0.25, 0.3) is 6.08 Å². The molecule has 3 aliphatic heterocycles. The molecule has 3 atom stereocenters. The minimum absolute atomic E-state index is 0.0486. The molecule has 4 aliphatic rings. The molecule has 1 aliphatic carbocycles. The first kappa shape index (κ1) is 24.8. The van der Waals surface area contributed by atoms with E-state index in [1.807, 2.05) is 41.4 Å². The van der Waals surface area contributed by atoms with Crippen LogP contribution in [0.4, 0.5) is 5.69 Å². The van der Waals surface area contributed by atoms with Gasteiger partial charge < -0.3 is 10.1 Å². The summed E-state index contributed by atoms with van der Waals surface area (Å²) in [7, 11) is 1.66. The van der Waals surface area contributed by atoms with E-state index in [1.54, 1.807) is 13.2 Å². The zero-order chi connectivity index (χ0) is 25.5. The summed E-state index contributed by atoms with van der Waals surface area (Å²) >= 11 is 12.9. The van der Waals surface area contributed by atoms with Crippen molar-refractivity contribution in [3.8, 4) is 5.75 Å². The number of nitrogens with zero attached hydrogens (tertiary/aromatic N) is 2. The van der Waals surface area contributed by atoms with Gasteiger partial charge in [0.15, 0.2) is 0 Å². The number of carbonyl (C=O) groups is 1. The lowest BCUT2D eigenvalue weighted by molar-refractivity contribution is -0.126. The summed E-state index contributed by atoms with van der Waals surface area (Å²) < 4.78 is 5.31. The van der Waals surface area contributed by atoms with E-state index in [2.05, 4.69) is 27.3 Å². The van der Waals surface area contributed by atoms with Crippen LogP contribution in [0, 0.1) is 11.8 Å². The number of nitrogens with one attached hydrogen (secondary N) is 3. The second-order valence-electron chi connectivity index (χ2n) is 10.2. The van der Waals surface area contributed by atoms with Crippen molar-refractivity contribution in [2.24, 2.45) is 11.8 Å². The van der Waals surface area contributed by atoms with Gasteiger partial charge in [-0.3, -0.25) is 15.2 Å². The summed E-state index contributed by atoms with van der Waals surface area (Å²) in [5.41, 5.74) is 11.5. The van der Waals surface area contributed by atoms with Gasteiger partial charge in [0.1, 0.15) is 11.8 Å². The van der Waals surface area contributed by atoms with E-state index < -0.39 is 6.04 Å². The molecule has 9 heteroatoms. The van der Waals surface area contributed by atoms with Crippen molar-refractivity contribution in [2.45, 2.75) is 25.3 Å². The lowest BCUT2D eigenvalue weighted by atomic mass is 9.96. The van der Waals surface area contributed by atoms with Crippen LogP contribution in [0.1, 0.15) is 24.8 Å². The molecule has 2 aromatic rings. The van der Waals surface area contributed by atoms with Gasteiger partial charge in [0.2, 0.25) is 0 Å². The van der Waals surface area contributed by atoms with Gasteiger partial charge in [0, 0.05) is 31.2 Å². The number of anilines is 1. The fourth-order valence-electron chi connectivity index (χ4n) is 6.14. The van der Waals surface area contributed by atoms with E-state index in [-0.39, 0.29) is 5.91 Å². The van der Waals surface area contributed by atoms with Gasteiger partial charge in [-0.25, -0.2) is 10.4 Å². The van der Waals surface area contributed by atoms with Crippen molar-refractivity contribution in [1.29, 1.82) is 0 Å². The van der Waals surface area contributed by atoms with Gasteiger partial charge in [-0.05, 0) is 77.8 Å². The SMILES string of the molecule is COc1ccc(/C=C2\CNCC3=C2N(c2ccc(Cl)cc2Cl)NC3C(=O)NN2CC3CCCC3C2)cc1. The Kier molecular flexibility index (Phi) is 6.90. The van der Waals surface area contributed by atoms with E-state index in [9.17, 15) is 4.79 Å². The van der Waals surface area contributed by atoms with Gasteiger partial charge in [-0.15, -0.1) is 0 Å². The summed E-state index contributed by atoms with van der Waals surface area (Å²) in [6.45, 7) is 3.14. The Balaban J connectivity index is 1.33. The molecule has 0 aromatic heterocycles. The number of ether oxygens (including phenoxy) is 1. The fraction of sp³-hybridized carbons (Fsp3) is 0.393. The van der Waals surface area contributed by atoms with E-state index >= 15 is 0 Å². The monoisotopic (exact) mass is 539 g/mol. The third-order valence-corrected chi connectivity index (χ3v) is 8.47. The standard InChI is InChI=1S/C28H31Cl2N5O2/c1-37-22-8-5-17(6-9-22)11-20-13-31-14-23-26(28(36)33-34-15-18-3-2-4-19(18)16-34)32-35(27(20)23)25-10-7-21(29)12-24(25)30/h5-12,18-19,26,31-32H,2-4,13-16H2,1H3,(H,33,36)/b20-11+. The Hall–Kier alpha value is -2.55. The number of amides is 1. The number of hydrogen-bond acceptors (Lipinski definition) is 6. The average Bonchev–Trinajstić information content (AvgIpc) is 3.59. The minimum atomic E-state index is -0.519. The maximum Gasteiger partial charge on any atom is 0.257 e. The zero-order valence-corrected chi connectivity index (χ0v) is 22.3. The van der Waals surface area contributed by atoms with Crippen molar-refractivity contribution in [2.75, 3.05) is 38.3 Å². The largest absolute Gasteiger partial charge is 0.497 e. The Bertz CT molecular complexity index is 1250. The second kappa shape index (κ2) is 10.3. The average molecular weight is 540 g/mol. The van der Waals surface area contributed by atoms with Crippen LogP contribution in [-0.2, 0) is 4.79 Å². The number of hydrogen-bond donors (Lipinski definition) is 3. The van der Waals surface area contributed by atoms with Crippen molar-refractivity contribution in [3.05, 3.63) is 74.9 Å². The van der Waals surface area contributed by atoms with E-state index in [0.29, 0.717) is 35.0 Å².